The number of rotatable bonds is 3. The Morgan fingerprint density at radius 2 is 1.93 bits per heavy atom. The van der Waals surface area contributed by atoms with E-state index in [4.69, 9.17) is 4.74 Å². The molecule has 0 aromatic heterocycles. The van der Waals surface area contributed by atoms with Crippen molar-refractivity contribution in [3.05, 3.63) is 53.6 Å². The Morgan fingerprint density at radius 3 is 2.67 bits per heavy atom. The van der Waals surface area contributed by atoms with Crippen molar-refractivity contribution in [1.29, 1.82) is 0 Å². The molecule has 4 rings (SSSR count). The molecule has 2 aliphatic rings. The van der Waals surface area contributed by atoms with Gasteiger partial charge in [-0.25, -0.2) is 0 Å². The molecule has 1 atom stereocenters. The Labute approximate surface area is 158 Å². The van der Waals surface area contributed by atoms with Crippen LogP contribution in [0.1, 0.15) is 40.0 Å². The van der Waals surface area contributed by atoms with Gasteiger partial charge < -0.3 is 19.9 Å². The van der Waals surface area contributed by atoms with Gasteiger partial charge in [0.05, 0.1) is 18.4 Å². The normalized spacial score (nSPS) is 18.6. The van der Waals surface area contributed by atoms with Crippen molar-refractivity contribution in [3.8, 4) is 5.75 Å². The van der Waals surface area contributed by atoms with Crippen LogP contribution < -0.4 is 15.0 Å². The van der Waals surface area contributed by atoms with Crippen molar-refractivity contribution in [2.45, 2.75) is 25.4 Å². The molecule has 2 aliphatic heterocycles. The molecule has 1 N–H and O–H groups in total. The molecular formula is C21H23N3O3. The second-order valence-electron chi connectivity index (χ2n) is 7.00. The van der Waals surface area contributed by atoms with E-state index >= 15 is 0 Å². The summed E-state index contributed by atoms with van der Waals surface area (Å²) >= 11 is 0. The lowest BCUT2D eigenvalue weighted by Crippen LogP contribution is -2.55. The van der Waals surface area contributed by atoms with Crippen LogP contribution in [0, 0.1) is 0 Å². The van der Waals surface area contributed by atoms with E-state index in [-0.39, 0.29) is 18.0 Å². The number of benzene rings is 2. The van der Waals surface area contributed by atoms with Crippen LogP contribution in [-0.2, 0) is 0 Å². The van der Waals surface area contributed by atoms with Crippen molar-refractivity contribution in [2.75, 3.05) is 30.9 Å². The average molecular weight is 365 g/mol. The number of anilines is 2. The summed E-state index contributed by atoms with van der Waals surface area (Å²) in [6, 6.07) is 12.5. The van der Waals surface area contributed by atoms with Crippen LogP contribution >= 0.6 is 0 Å². The summed E-state index contributed by atoms with van der Waals surface area (Å²) in [6.07, 6.45) is 3.21. The van der Waals surface area contributed by atoms with E-state index in [1.807, 2.05) is 18.0 Å². The van der Waals surface area contributed by atoms with Crippen LogP contribution in [0.15, 0.2) is 42.5 Å². The number of hydrogen-bond donors (Lipinski definition) is 1. The average Bonchev–Trinajstić information content (AvgIpc) is 2.72. The zero-order chi connectivity index (χ0) is 19.0. The molecule has 1 fully saturated rings. The number of nitrogens with one attached hydrogen (secondary N) is 1. The van der Waals surface area contributed by atoms with Crippen LogP contribution in [0.2, 0.25) is 0 Å². The predicted molar refractivity (Wildman–Crippen MR) is 104 cm³/mol. The summed E-state index contributed by atoms with van der Waals surface area (Å²) in [6.45, 7) is 0.799. The number of carbonyl (C=O) groups is 2. The highest BCUT2D eigenvalue weighted by molar-refractivity contribution is 6.08. The minimum Gasteiger partial charge on any atom is -0.497 e. The summed E-state index contributed by atoms with van der Waals surface area (Å²) in [5, 5.41) is 2.89. The van der Waals surface area contributed by atoms with E-state index in [9.17, 15) is 9.59 Å². The molecule has 2 aromatic carbocycles. The molecule has 0 saturated carbocycles. The minimum atomic E-state index is -0.199. The number of ether oxygens (including phenoxy) is 1. The molecule has 6 nitrogen and oxygen atoms in total. The molecule has 27 heavy (non-hydrogen) atoms. The fourth-order valence-corrected chi connectivity index (χ4v) is 3.89. The first-order valence-corrected chi connectivity index (χ1v) is 9.22. The summed E-state index contributed by atoms with van der Waals surface area (Å²) in [5.74, 6) is 0.601. The molecule has 0 spiro atoms. The Bertz CT molecular complexity index is 879. The molecule has 0 bridgehead atoms. The number of methoxy groups -OCH3 is 1. The van der Waals surface area contributed by atoms with E-state index in [2.05, 4.69) is 10.2 Å². The fourth-order valence-electron chi connectivity index (χ4n) is 3.89. The largest absolute Gasteiger partial charge is 0.497 e. The van der Waals surface area contributed by atoms with E-state index in [0.29, 0.717) is 16.8 Å². The number of fused-ring (bicyclic) bond motifs is 2. The Kier molecular flexibility index (Phi) is 4.48. The van der Waals surface area contributed by atoms with Gasteiger partial charge in [0.25, 0.3) is 11.8 Å². The zero-order valence-corrected chi connectivity index (χ0v) is 15.6. The monoisotopic (exact) mass is 365 g/mol. The van der Waals surface area contributed by atoms with Crippen molar-refractivity contribution in [2.24, 2.45) is 0 Å². The van der Waals surface area contributed by atoms with Gasteiger partial charge in [0.1, 0.15) is 11.9 Å². The SMILES string of the molecule is COc1ccc(NC(=O)c2ccc3c(c2)N(C)[C@@H]2CCCCN2C3=O)cc1. The predicted octanol–water partition coefficient (Wildman–Crippen LogP) is 3.35. The Morgan fingerprint density at radius 1 is 1.15 bits per heavy atom. The Hall–Kier alpha value is -3.02. The number of carbonyl (C=O) groups excluding carboxylic acids is 2. The summed E-state index contributed by atoms with van der Waals surface area (Å²) in [4.78, 5) is 29.6. The van der Waals surface area contributed by atoms with Crippen LogP contribution in [-0.4, -0.2) is 43.6 Å². The lowest BCUT2D eigenvalue weighted by molar-refractivity contribution is 0.0589. The van der Waals surface area contributed by atoms with Gasteiger partial charge in [0.15, 0.2) is 0 Å². The van der Waals surface area contributed by atoms with Crippen LogP contribution in [0.25, 0.3) is 0 Å². The molecule has 140 valence electrons. The molecule has 1 saturated heterocycles. The number of piperidine rings is 1. The quantitative estimate of drug-likeness (QED) is 0.906. The fraction of sp³-hybridized carbons (Fsp3) is 0.333. The summed E-state index contributed by atoms with van der Waals surface area (Å²) in [5.41, 5.74) is 2.72. The van der Waals surface area contributed by atoms with Gasteiger partial charge in [-0.15, -0.1) is 0 Å². The minimum absolute atomic E-state index is 0.0647. The first-order valence-electron chi connectivity index (χ1n) is 9.22. The second kappa shape index (κ2) is 6.95. The van der Waals surface area contributed by atoms with Crippen molar-refractivity contribution >= 4 is 23.2 Å². The van der Waals surface area contributed by atoms with Gasteiger partial charge in [0, 0.05) is 24.8 Å². The maximum atomic E-state index is 12.8. The first kappa shape index (κ1) is 17.4. The Balaban J connectivity index is 1.59. The summed E-state index contributed by atoms with van der Waals surface area (Å²) in [7, 11) is 3.60. The lowest BCUT2D eigenvalue weighted by Gasteiger charge is -2.46. The molecule has 0 radical (unpaired) electrons. The van der Waals surface area contributed by atoms with Crippen LogP contribution in [0.4, 0.5) is 11.4 Å². The van der Waals surface area contributed by atoms with Gasteiger partial charge in [-0.2, -0.15) is 0 Å². The van der Waals surface area contributed by atoms with Crippen LogP contribution in [0.3, 0.4) is 0 Å². The summed E-state index contributed by atoms with van der Waals surface area (Å²) < 4.78 is 5.13. The second-order valence-corrected chi connectivity index (χ2v) is 7.00. The van der Waals surface area contributed by atoms with E-state index in [0.717, 1.165) is 37.2 Å². The molecule has 2 amide bonds. The van der Waals surface area contributed by atoms with Crippen molar-refractivity contribution in [1.82, 2.24) is 4.90 Å². The number of hydrogen-bond acceptors (Lipinski definition) is 4. The molecular weight excluding hydrogens is 342 g/mol. The smallest absolute Gasteiger partial charge is 0.257 e. The maximum absolute atomic E-state index is 12.8. The highest BCUT2D eigenvalue weighted by atomic mass is 16.5. The van der Waals surface area contributed by atoms with Gasteiger partial charge in [-0.05, 0) is 61.7 Å². The maximum Gasteiger partial charge on any atom is 0.257 e. The third-order valence-corrected chi connectivity index (χ3v) is 5.40. The van der Waals surface area contributed by atoms with E-state index < -0.39 is 0 Å². The zero-order valence-electron chi connectivity index (χ0n) is 15.6. The molecule has 2 heterocycles. The molecule has 0 unspecified atom stereocenters. The number of nitrogens with zero attached hydrogens (tertiary/aromatic N) is 2. The molecule has 2 aromatic rings. The topological polar surface area (TPSA) is 61.9 Å². The first-order chi connectivity index (χ1) is 13.1. The third kappa shape index (κ3) is 3.12. The molecule has 0 aliphatic carbocycles. The van der Waals surface area contributed by atoms with Gasteiger partial charge >= 0.3 is 0 Å². The standard InChI is InChI=1S/C21H23N3O3/c1-23-18-13-14(20(25)22-15-7-9-16(27-2)10-8-15)6-11-17(18)21(26)24-12-4-3-5-19(23)24/h6-11,13,19H,3-5,12H2,1-2H3,(H,22,25)/t19-/m0/s1. The highest BCUT2D eigenvalue weighted by Gasteiger charge is 2.37. The van der Waals surface area contributed by atoms with Gasteiger partial charge in [-0.3, -0.25) is 9.59 Å². The number of amides is 2. The van der Waals surface area contributed by atoms with E-state index in [1.54, 1.807) is 43.5 Å². The lowest BCUT2D eigenvalue weighted by atomic mass is 9.97. The van der Waals surface area contributed by atoms with Crippen molar-refractivity contribution < 1.29 is 14.3 Å². The van der Waals surface area contributed by atoms with Gasteiger partial charge in [0.2, 0.25) is 0 Å². The molecule has 6 heteroatoms. The van der Waals surface area contributed by atoms with Gasteiger partial charge in [-0.1, -0.05) is 0 Å². The third-order valence-electron chi connectivity index (χ3n) is 5.40. The van der Waals surface area contributed by atoms with Crippen molar-refractivity contribution in [3.63, 3.8) is 0 Å². The van der Waals surface area contributed by atoms with E-state index in [1.165, 1.54) is 0 Å². The van der Waals surface area contributed by atoms with Crippen LogP contribution in [0.5, 0.6) is 5.75 Å². The highest BCUT2D eigenvalue weighted by Crippen LogP contribution is 2.35.